The van der Waals surface area contributed by atoms with E-state index < -0.39 is 0 Å². The summed E-state index contributed by atoms with van der Waals surface area (Å²) in [6.45, 7) is 0.664. The van der Waals surface area contributed by atoms with Crippen LogP contribution < -0.4 is 4.90 Å². The van der Waals surface area contributed by atoms with Gasteiger partial charge >= 0.3 is 0 Å². The first-order chi connectivity index (χ1) is 15.5. The van der Waals surface area contributed by atoms with Crippen molar-refractivity contribution < 1.29 is 9.21 Å². The highest BCUT2D eigenvalue weighted by molar-refractivity contribution is 6.33. The van der Waals surface area contributed by atoms with Gasteiger partial charge in [-0.15, -0.1) is 0 Å². The molecule has 1 aliphatic heterocycles. The lowest BCUT2D eigenvalue weighted by Gasteiger charge is -2.22. The maximum Gasteiger partial charge on any atom is 0.256 e. The molecule has 1 aliphatic rings. The number of carbonyl (C=O) groups is 1. The number of aromatic nitrogens is 1. The number of likely N-dealkylation sites (tertiary alicyclic amines) is 1. The molecular formula is C26H24ClN3O2. The molecule has 32 heavy (non-hydrogen) atoms. The maximum absolute atomic E-state index is 13.1. The molecule has 0 bridgehead atoms. The van der Waals surface area contributed by atoms with Crippen LogP contribution >= 0.6 is 11.6 Å². The molecule has 5 nitrogen and oxygen atoms in total. The number of rotatable bonds is 4. The minimum atomic E-state index is -0.186. The zero-order valence-corrected chi connectivity index (χ0v) is 18.8. The number of hydrogen-bond donors (Lipinski definition) is 0. The van der Waals surface area contributed by atoms with Gasteiger partial charge in [-0.05, 0) is 60.4 Å². The van der Waals surface area contributed by atoms with Crippen LogP contribution in [-0.4, -0.2) is 36.4 Å². The fourth-order valence-electron chi connectivity index (χ4n) is 4.28. The zero-order valence-electron chi connectivity index (χ0n) is 18.1. The summed E-state index contributed by atoms with van der Waals surface area (Å²) in [5, 5.41) is 0.464. The van der Waals surface area contributed by atoms with Crippen molar-refractivity contribution in [2.75, 3.05) is 25.5 Å². The van der Waals surface area contributed by atoms with Gasteiger partial charge in [-0.25, -0.2) is 4.98 Å². The molecule has 1 amide bonds. The van der Waals surface area contributed by atoms with Crippen LogP contribution in [0.5, 0.6) is 0 Å². The van der Waals surface area contributed by atoms with E-state index in [0.29, 0.717) is 23.0 Å². The van der Waals surface area contributed by atoms with Crippen LogP contribution in [0.2, 0.25) is 5.02 Å². The van der Waals surface area contributed by atoms with Crippen molar-refractivity contribution in [1.82, 2.24) is 9.88 Å². The van der Waals surface area contributed by atoms with Gasteiger partial charge in [-0.3, -0.25) is 4.79 Å². The number of fused-ring (bicyclic) bond motifs is 1. The van der Waals surface area contributed by atoms with E-state index in [1.54, 1.807) is 12.1 Å². The summed E-state index contributed by atoms with van der Waals surface area (Å²) in [6.07, 6.45) is 1.73. The van der Waals surface area contributed by atoms with Crippen molar-refractivity contribution in [3.8, 4) is 11.1 Å². The van der Waals surface area contributed by atoms with Crippen LogP contribution in [0.3, 0.4) is 0 Å². The lowest BCUT2D eigenvalue weighted by Crippen LogP contribution is -2.30. The molecule has 162 valence electrons. The van der Waals surface area contributed by atoms with Crippen LogP contribution in [0, 0.1) is 0 Å². The molecule has 1 saturated heterocycles. The van der Waals surface area contributed by atoms with Crippen molar-refractivity contribution in [3.05, 3.63) is 83.2 Å². The molecule has 0 N–H and O–H groups in total. The molecule has 6 heteroatoms. The van der Waals surface area contributed by atoms with Crippen molar-refractivity contribution in [3.63, 3.8) is 0 Å². The number of halogens is 1. The SMILES string of the molecule is CN(C)c1ccc(-c2ccc3oc([C@H]4CCCN4C(=O)c4ccccc4Cl)nc3c2)cc1. The van der Waals surface area contributed by atoms with Crippen LogP contribution in [0.15, 0.2) is 71.1 Å². The quantitative estimate of drug-likeness (QED) is 0.375. The second-order valence-corrected chi connectivity index (χ2v) is 8.72. The summed E-state index contributed by atoms with van der Waals surface area (Å²) in [6, 6.07) is 21.4. The Morgan fingerprint density at radius 2 is 1.81 bits per heavy atom. The molecule has 1 aromatic heterocycles. The molecule has 3 aromatic carbocycles. The van der Waals surface area contributed by atoms with Gasteiger partial charge < -0.3 is 14.2 Å². The third kappa shape index (κ3) is 3.73. The summed E-state index contributed by atoms with van der Waals surface area (Å²) in [5.41, 5.74) is 5.40. The van der Waals surface area contributed by atoms with Crippen molar-refractivity contribution in [2.24, 2.45) is 0 Å². The summed E-state index contributed by atoms with van der Waals surface area (Å²) >= 11 is 6.27. The molecule has 1 fully saturated rings. The Hall–Kier alpha value is -3.31. The van der Waals surface area contributed by atoms with Gasteiger partial charge in [0.2, 0.25) is 5.89 Å². The van der Waals surface area contributed by atoms with E-state index >= 15 is 0 Å². The first-order valence-electron chi connectivity index (χ1n) is 10.7. The Morgan fingerprint density at radius 3 is 2.56 bits per heavy atom. The molecule has 5 rings (SSSR count). The van der Waals surface area contributed by atoms with E-state index in [0.717, 1.165) is 40.8 Å². The number of benzene rings is 3. The predicted octanol–water partition coefficient (Wildman–Crippen LogP) is 6.19. The molecule has 0 saturated carbocycles. The third-order valence-corrected chi connectivity index (χ3v) is 6.35. The highest BCUT2D eigenvalue weighted by atomic mass is 35.5. The summed E-state index contributed by atoms with van der Waals surface area (Å²) in [7, 11) is 4.06. The van der Waals surface area contributed by atoms with Gasteiger partial charge in [0.25, 0.3) is 5.91 Å². The van der Waals surface area contributed by atoms with Gasteiger partial charge in [-0.2, -0.15) is 0 Å². The van der Waals surface area contributed by atoms with Crippen molar-refractivity contribution in [1.29, 1.82) is 0 Å². The second-order valence-electron chi connectivity index (χ2n) is 8.31. The highest BCUT2D eigenvalue weighted by Gasteiger charge is 2.34. The van der Waals surface area contributed by atoms with Crippen LogP contribution in [-0.2, 0) is 0 Å². The topological polar surface area (TPSA) is 49.6 Å². The second kappa shape index (κ2) is 8.32. The molecule has 0 unspecified atom stereocenters. The zero-order chi connectivity index (χ0) is 22.2. The first kappa shape index (κ1) is 20.6. The molecule has 4 aromatic rings. The number of carbonyl (C=O) groups excluding carboxylic acids is 1. The van der Waals surface area contributed by atoms with E-state index in [-0.39, 0.29) is 11.9 Å². The molecule has 1 atom stereocenters. The average molecular weight is 446 g/mol. The normalized spacial score (nSPS) is 16.0. The minimum Gasteiger partial charge on any atom is -0.438 e. The van der Waals surface area contributed by atoms with Crippen molar-refractivity contribution >= 4 is 34.3 Å². The molecule has 0 radical (unpaired) electrons. The number of amides is 1. The number of anilines is 1. The first-order valence-corrected chi connectivity index (χ1v) is 11.1. The summed E-state index contributed by atoms with van der Waals surface area (Å²) in [5.74, 6) is 0.500. The van der Waals surface area contributed by atoms with Gasteiger partial charge in [0.1, 0.15) is 11.6 Å². The largest absolute Gasteiger partial charge is 0.438 e. The lowest BCUT2D eigenvalue weighted by atomic mass is 10.0. The Bertz CT molecular complexity index is 1280. The van der Waals surface area contributed by atoms with Gasteiger partial charge in [0.15, 0.2) is 5.58 Å². The monoisotopic (exact) mass is 445 g/mol. The average Bonchev–Trinajstić information content (AvgIpc) is 3.45. The van der Waals surface area contributed by atoms with E-state index in [4.69, 9.17) is 21.0 Å². The Labute approximate surface area is 192 Å². The van der Waals surface area contributed by atoms with Crippen molar-refractivity contribution in [2.45, 2.75) is 18.9 Å². The van der Waals surface area contributed by atoms with Gasteiger partial charge in [0, 0.05) is 26.3 Å². The Balaban J connectivity index is 1.44. The van der Waals surface area contributed by atoms with Gasteiger partial charge in [-0.1, -0.05) is 41.9 Å². The molecular weight excluding hydrogens is 422 g/mol. The number of hydrogen-bond acceptors (Lipinski definition) is 4. The van der Waals surface area contributed by atoms with E-state index in [1.807, 2.05) is 49.3 Å². The molecule has 0 spiro atoms. The summed E-state index contributed by atoms with van der Waals surface area (Å²) < 4.78 is 6.10. The number of nitrogens with zero attached hydrogens (tertiary/aromatic N) is 3. The van der Waals surface area contributed by atoms with Crippen LogP contribution in [0.4, 0.5) is 5.69 Å². The standard InChI is InChI=1S/C26H24ClN3O2/c1-29(2)19-12-9-17(10-13-19)18-11-14-24-22(16-18)28-25(32-24)23-8-5-15-30(23)26(31)20-6-3-4-7-21(20)27/h3-4,6-7,9-14,16,23H,5,8,15H2,1-2H3/t23-/m1/s1. The van der Waals surface area contributed by atoms with E-state index in [2.05, 4.69) is 29.2 Å². The van der Waals surface area contributed by atoms with E-state index in [1.165, 1.54) is 0 Å². The van der Waals surface area contributed by atoms with Crippen LogP contribution in [0.1, 0.15) is 35.1 Å². The maximum atomic E-state index is 13.1. The predicted molar refractivity (Wildman–Crippen MR) is 128 cm³/mol. The Morgan fingerprint density at radius 1 is 1.06 bits per heavy atom. The fraction of sp³-hybridized carbons (Fsp3) is 0.231. The van der Waals surface area contributed by atoms with Gasteiger partial charge in [0.05, 0.1) is 10.6 Å². The minimum absolute atomic E-state index is 0.0815. The third-order valence-electron chi connectivity index (χ3n) is 6.02. The smallest absolute Gasteiger partial charge is 0.256 e. The molecule has 0 aliphatic carbocycles. The fourth-order valence-corrected chi connectivity index (χ4v) is 4.49. The number of oxazole rings is 1. The Kier molecular flexibility index (Phi) is 5.35. The highest BCUT2D eigenvalue weighted by Crippen LogP contribution is 2.36. The summed E-state index contributed by atoms with van der Waals surface area (Å²) in [4.78, 5) is 21.8. The van der Waals surface area contributed by atoms with E-state index in [9.17, 15) is 4.79 Å². The lowest BCUT2D eigenvalue weighted by molar-refractivity contribution is 0.0717. The molecule has 2 heterocycles. The van der Waals surface area contributed by atoms with Crippen LogP contribution in [0.25, 0.3) is 22.2 Å².